The molecule has 0 amide bonds. The predicted molar refractivity (Wildman–Crippen MR) is 138 cm³/mol. The number of nitrogens with zero attached hydrogens (tertiary/aromatic N) is 1. The first-order chi connectivity index (χ1) is 15.7. The van der Waals surface area contributed by atoms with Gasteiger partial charge in [-0.2, -0.15) is 0 Å². The molecule has 0 saturated carbocycles. The van der Waals surface area contributed by atoms with Crippen molar-refractivity contribution in [1.29, 1.82) is 0 Å². The molecule has 1 aromatic heterocycles. The van der Waals surface area contributed by atoms with Crippen LogP contribution in [0.5, 0.6) is 0 Å². The van der Waals surface area contributed by atoms with E-state index in [1.807, 2.05) is 0 Å². The zero-order valence-corrected chi connectivity index (χ0v) is 18.4. The molecule has 6 aromatic rings. The van der Waals surface area contributed by atoms with Gasteiger partial charge in [-0.3, -0.25) is 0 Å². The molecule has 0 aliphatic carbocycles. The number of hydrogen-bond donors (Lipinski definition) is 0. The van der Waals surface area contributed by atoms with Gasteiger partial charge in [0, 0.05) is 16.5 Å². The summed E-state index contributed by atoms with van der Waals surface area (Å²) < 4.78 is 2.39. The van der Waals surface area contributed by atoms with Crippen LogP contribution in [0.4, 0.5) is 0 Å². The molecule has 1 heteroatoms. The van der Waals surface area contributed by atoms with Crippen LogP contribution < -0.4 is 0 Å². The molecule has 1 heterocycles. The Kier molecular flexibility index (Phi) is 4.36. The summed E-state index contributed by atoms with van der Waals surface area (Å²) in [4.78, 5) is 0. The smallest absolute Gasteiger partial charge is 0.0541 e. The minimum absolute atomic E-state index is 0.498. The summed E-state index contributed by atoms with van der Waals surface area (Å²) in [6.07, 6.45) is 0. The van der Waals surface area contributed by atoms with Crippen LogP contribution in [0.3, 0.4) is 0 Å². The molecule has 6 rings (SSSR count). The van der Waals surface area contributed by atoms with E-state index in [1.54, 1.807) is 0 Å². The fraction of sp³-hybridized carbons (Fsp3) is 0.0968. The number of hydrogen-bond acceptors (Lipinski definition) is 0. The second-order valence-electron chi connectivity index (χ2n) is 8.90. The van der Waals surface area contributed by atoms with Gasteiger partial charge in [-0.05, 0) is 75.8 Å². The van der Waals surface area contributed by atoms with Gasteiger partial charge in [0.1, 0.15) is 0 Å². The van der Waals surface area contributed by atoms with Gasteiger partial charge in [0.15, 0.2) is 0 Å². The number of rotatable bonds is 3. The third-order valence-electron chi connectivity index (χ3n) is 6.55. The number of fused-ring (bicyclic) bond motifs is 4. The van der Waals surface area contributed by atoms with Crippen molar-refractivity contribution in [2.24, 2.45) is 0 Å². The molecule has 0 N–H and O–H groups in total. The molecule has 0 atom stereocenters. The molecule has 0 aliphatic heterocycles. The van der Waals surface area contributed by atoms with Crippen LogP contribution in [-0.4, -0.2) is 4.57 Å². The highest BCUT2D eigenvalue weighted by atomic mass is 15.0. The van der Waals surface area contributed by atoms with E-state index in [1.165, 1.54) is 55.0 Å². The lowest BCUT2D eigenvalue weighted by molar-refractivity contribution is 0.868. The predicted octanol–water partition coefficient (Wildman–Crippen LogP) is 8.73. The van der Waals surface area contributed by atoms with Crippen molar-refractivity contribution >= 4 is 32.6 Å². The Morgan fingerprint density at radius 1 is 0.531 bits per heavy atom. The number of aromatic nitrogens is 1. The van der Waals surface area contributed by atoms with Crippen LogP contribution in [0.2, 0.25) is 0 Å². The highest BCUT2D eigenvalue weighted by Gasteiger charge is 2.14. The zero-order valence-electron chi connectivity index (χ0n) is 18.4. The van der Waals surface area contributed by atoms with Crippen molar-refractivity contribution in [3.05, 3.63) is 115 Å². The third-order valence-corrected chi connectivity index (χ3v) is 6.55. The molecule has 154 valence electrons. The minimum Gasteiger partial charge on any atom is -0.309 e. The zero-order chi connectivity index (χ0) is 21.7. The fourth-order valence-electron chi connectivity index (χ4n) is 4.80. The van der Waals surface area contributed by atoms with Gasteiger partial charge < -0.3 is 4.57 Å². The number of benzene rings is 5. The molecule has 0 fully saturated rings. The van der Waals surface area contributed by atoms with Gasteiger partial charge >= 0.3 is 0 Å². The van der Waals surface area contributed by atoms with Crippen LogP contribution >= 0.6 is 0 Å². The molecular formula is C31H25N. The van der Waals surface area contributed by atoms with Gasteiger partial charge in [0.05, 0.1) is 11.0 Å². The SMILES string of the molecule is CC(C)c1ccc2c(c1)c1cc(-c3ccc4ccccc4c3)ccc1n2-c1ccccc1. The van der Waals surface area contributed by atoms with Crippen LogP contribution in [0, 0.1) is 0 Å². The van der Waals surface area contributed by atoms with Crippen LogP contribution in [-0.2, 0) is 0 Å². The summed E-state index contributed by atoms with van der Waals surface area (Å²) >= 11 is 0. The maximum atomic E-state index is 2.39. The lowest BCUT2D eigenvalue weighted by Crippen LogP contribution is -1.93. The van der Waals surface area contributed by atoms with E-state index in [4.69, 9.17) is 0 Å². The summed E-state index contributed by atoms with van der Waals surface area (Å²) in [5, 5.41) is 5.17. The molecule has 1 nitrogen and oxygen atoms in total. The maximum absolute atomic E-state index is 2.39. The van der Waals surface area contributed by atoms with Crippen LogP contribution in [0.1, 0.15) is 25.3 Å². The summed E-state index contributed by atoms with van der Waals surface area (Å²) in [7, 11) is 0. The fourth-order valence-corrected chi connectivity index (χ4v) is 4.80. The molecule has 0 aliphatic rings. The molecule has 0 bridgehead atoms. The van der Waals surface area contributed by atoms with E-state index >= 15 is 0 Å². The van der Waals surface area contributed by atoms with Crippen molar-refractivity contribution in [3.8, 4) is 16.8 Å². The van der Waals surface area contributed by atoms with E-state index in [9.17, 15) is 0 Å². The summed E-state index contributed by atoms with van der Waals surface area (Å²) in [6, 6.07) is 39.8. The second-order valence-corrected chi connectivity index (χ2v) is 8.90. The van der Waals surface area contributed by atoms with Crippen molar-refractivity contribution in [1.82, 2.24) is 4.57 Å². The quantitative estimate of drug-likeness (QED) is 0.274. The molecule has 0 spiro atoms. The van der Waals surface area contributed by atoms with E-state index in [0.717, 1.165) is 0 Å². The summed E-state index contributed by atoms with van der Waals surface area (Å²) in [6.45, 7) is 4.52. The molecular weight excluding hydrogens is 386 g/mol. The van der Waals surface area contributed by atoms with Crippen molar-refractivity contribution in [2.45, 2.75) is 19.8 Å². The highest BCUT2D eigenvalue weighted by Crippen LogP contribution is 2.36. The Morgan fingerprint density at radius 3 is 1.94 bits per heavy atom. The normalized spacial score (nSPS) is 11.7. The topological polar surface area (TPSA) is 4.93 Å². The Morgan fingerprint density at radius 2 is 1.16 bits per heavy atom. The largest absolute Gasteiger partial charge is 0.309 e. The van der Waals surface area contributed by atoms with E-state index in [0.29, 0.717) is 5.92 Å². The third kappa shape index (κ3) is 3.01. The first-order valence-electron chi connectivity index (χ1n) is 11.3. The van der Waals surface area contributed by atoms with E-state index in [-0.39, 0.29) is 0 Å². The van der Waals surface area contributed by atoms with Crippen molar-refractivity contribution in [3.63, 3.8) is 0 Å². The molecule has 5 aromatic carbocycles. The monoisotopic (exact) mass is 411 g/mol. The molecule has 0 radical (unpaired) electrons. The van der Waals surface area contributed by atoms with Gasteiger partial charge in [-0.25, -0.2) is 0 Å². The lowest BCUT2D eigenvalue weighted by Gasteiger charge is -2.09. The lowest BCUT2D eigenvalue weighted by atomic mass is 9.98. The number of para-hydroxylation sites is 1. The average Bonchev–Trinajstić information content (AvgIpc) is 3.17. The maximum Gasteiger partial charge on any atom is 0.0541 e. The molecule has 0 unspecified atom stereocenters. The standard InChI is InChI=1S/C31H25N/c1-21(2)23-14-16-30-28(19-23)29-20-26(25-13-12-22-8-6-7-9-24(22)18-25)15-17-31(29)32(30)27-10-4-3-5-11-27/h3-21H,1-2H3. The van der Waals surface area contributed by atoms with Gasteiger partial charge in [0.25, 0.3) is 0 Å². The summed E-state index contributed by atoms with van der Waals surface area (Å²) in [5.74, 6) is 0.498. The van der Waals surface area contributed by atoms with Crippen molar-refractivity contribution in [2.75, 3.05) is 0 Å². The average molecular weight is 412 g/mol. The second kappa shape index (κ2) is 7.39. The van der Waals surface area contributed by atoms with Gasteiger partial charge in [-0.1, -0.05) is 80.6 Å². The van der Waals surface area contributed by atoms with Crippen LogP contribution in [0.25, 0.3) is 49.4 Å². The first kappa shape index (κ1) is 18.9. The Bertz CT molecular complexity index is 1590. The Balaban J connectivity index is 1.64. The summed E-state index contributed by atoms with van der Waals surface area (Å²) in [5.41, 5.74) is 7.59. The van der Waals surface area contributed by atoms with E-state index < -0.39 is 0 Å². The molecule has 0 saturated heterocycles. The van der Waals surface area contributed by atoms with Gasteiger partial charge in [-0.15, -0.1) is 0 Å². The van der Waals surface area contributed by atoms with Crippen molar-refractivity contribution < 1.29 is 0 Å². The Labute approximate surface area is 188 Å². The Hall–Kier alpha value is -3.84. The highest BCUT2D eigenvalue weighted by molar-refractivity contribution is 6.10. The van der Waals surface area contributed by atoms with E-state index in [2.05, 4.69) is 128 Å². The first-order valence-corrected chi connectivity index (χ1v) is 11.3. The minimum atomic E-state index is 0.498. The molecule has 32 heavy (non-hydrogen) atoms. The van der Waals surface area contributed by atoms with Crippen LogP contribution in [0.15, 0.2) is 109 Å². The van der Waals surface area contributed by atoms with Gasteiger partial charge in [0.2, 0.25) is 0 Å².